The van der Waals surface area contributed by atoms with Crippen LogP contribution < -0.4 is 9.46 Å². The molecular formula is C10H13NO4S. The lowest BCUT2D eigenvalue weighted by Gasteiger charge is -2.06. The number of hydrogen-bond acceptors (Lipinski definition) is 4. The Morgan fingerprint density at radius 2 is 1.88 bits per heavy atom. The number of nitrogens with one attached hydrogen (secondary N) is 1. The average molecular weight is 243 g/mol. The van der Waals surface area contributed by atoms with Crippen LogP contribution in [0.2, 0.25) is 0 Å². The summed E-state index contributed by atoms with van der Waals surface area (Å²) in [7, 11) is -2.26. The minimum atomic E-state index is -3.75. The van der Waals surface area contributed by atoms with Crippen LogP contribution in [-0.2, 0) is 14.8 Å². The quantitative estimate of drug-likeness (QED) is 0.853. The van der Waals surface area contributed by atoms with Crippen molar-refractivity contribution in [3.63, 3.8) is 0 Å². The first-order chi connectivity index (χ1) is 7.49. The molecule has 0 aliphatic rings. The monoisotopic (exact) mass is 243 g/mol. The average Bonchev–Trinajstić information content (AvgIpc) is 2.28. The number of amides is 1. The molecule has 0 fully saturated rings. The Hall–Kier alpha value is -1.56. The van der Waals surface area contributed by atoms with Gasteiger partial charge in [0.05, 0.1) is 12.0 Å². The van der Waals surface area contributed by atoms with E-state index < -0.39 is 15.9 Å². The van der Waals surface area contributed by atoms with Gasteiger partial charge < -0.3 is 4.74 Å². The third kappa shape index (κ3) is 2.96. The summed E-state index contributed by atoms with van der Waals surface area (Å²) in [6.07, 6.45) is 0.120. The zero-order chi connectivity index (χ0) is 12.2. The number of carbonyl (C=O) groups is 1. The molecule has 88 valence electrons. The van der Waals surface area contributed by atoms with E-state index in [4.69, 9.17) is 4.74 Å². The molecule has 0 saturated heterocycles. The molecule has 0 unspecified atom stereocenters. The lowest BCUT2D eigenvalue weighted by Crippen LogP contribution is -2.29. The maximum atomic E-state index is 11.6. The maximum absolute atomic E-state index is 11.6. The molecule has 1 N–H and O–H groups in total. The minimum absolute atomic E-state index is 0.0371. The van der Waals surface area contributed by atoms with Crippen LogP contribution in [0.25, 0.3) is 0 Å². The summed E-state index contributed by atoms with van der Waals surface area (Å²) in [6.45, 7) is 1.58. The van der Waals surface area contributed by atoms with Crippen LogP contribution in [0.4, 0.5) is 0 Å². The molecule has 6 heteroatoms. The van der Waals surface area contributed by atoms with E-state index in [9.17, 15) is 13.2 Å². The van der Waals surface area contributed by atoms with Gasteiger partial charge in [-0.2, -0.15) is 0 Å². The molecule has 0 bridgehead atoms. The van der Waals surface area contributed by atoms with Gasteiger partial charge in [-0.15, -0.1) is 0 Å². The van der Waals surface area contributed by atoms with Crippen LogP contribution in [0.3, 0.4) is 0 Å². The Morgan fingerprint density at radius 3 is 2.31 bits per heavy atom. The lowest BCUT2D eigenvalue weighted by atomic mass is 10.3. The highest BCUT2D eigenvalue weighted by Crippen LogP contribution is 2.15. The van der Waals surface area contributed by atoms with Crippen molar-refractivity contribution in [1.29, 1.82) is 0 Å². The molecule has 1 aromatic carbocycles. The molecular weight excluding hydrogens is 230 g/mol. The molecule has 0 aliphatic heterocycles. The van der Waals surface area contributed by atoms with Gasteiger partial charge in [-0.1, -0.05) is 6.92 Å². The van der Waals surface area contributed by atoms with E-state index in [1.54, 1.807) is 6.92 Å². The second-order valence-electron chi connectivity index (χ2n) is 3.06. The largest absolute Gasteiger partial charge is 0.497 e. The molecule has 1 aromatic rings. The third-order valence-corrected chi connectivity index (χ3v) is 3.33. The van der Waals surface area contributed by atoms with Crippen LogP contribution in [0, 0.1) is 0 Å². The van der Waals surface area contributed by atoms with E-state index in [0.717, 1.165) is 0 Å². The van der Waals surface area contributed by atoms with E-state index >= 15 is 0 Å². The third-order valence-electron chi connectivity index (χ3n) is 1.94. The lowest BCUT2D eigenvalue weighted by molar-refractivity contribution is -0.119. The zero-order valence-corrected chi connectivity index (χ0v) is 9.87. The fourth-order valence-electron chi connectivity index (χ4n) is 1.04. The number of hydrogen-bond donors (Lipinski definition) is 1. The van der Waals surface area contributed by atoms with Gasteiger partial charge in [0.25, 0.3) is 10.0 Å². The van der Waals surface area contributed by atoms with Crippen molar-refractivity contribution < 1.29 is 17.9 Å². The van der Waals surface area contributed by atoms with Gasteiger partial charge >= 0.3 is 0 Å². The summed E-state index contributed by atoms with van der Waals surface area (Å²) < 4.78 is 30.1. The summed E-state index contributed by atoms with van der Waals surface area (Å²) in [4.78, 5) is 11.0. The number of ether oxygens (including phenoxy) is 1. The van der Waals surface area contributed by atoms with Crippen molar-refractivity contribution in [3.05, 3.63) is 24.3 Å². The van der Waals surface area contributed by atoms with E-state index in [0.29, 0.717) is 5.75 Å². The Labute approximate surface area is 94.5 Å². The first-order valence-electron chi connectivity index (χ1n) is 4.69. The Bertz CT molecular complexity index is 464. The van der Waals surface area contributed by atoms with E-state index in [-0.39, 0.29) is 11.3 Å². The van der Waals surface area contributed by atoms with E-state index in [1.807, 2.05) is 4.72 Å². The molecule has 0 spiro atoms. The van der Waals surface area contributed by atoms with Crippen molar-refractivity contribution in [2.24, 2.45) is 0 Å². The number of methoxy groups -OCH3 is 1. The number of benzene rings is 1. The molecule has 0 heterocycles. The van der Waals surface area contributed by atoms with Crippen LogP contribution in [-0.4, -0.2) is 21.4 Å². The molecule has 0 radical (unpaired) electrons. The molecule has 1 amide bonds. The van der Waals surface area contributed by atoms with Crippen LogP contribution in [0.1, 0.15) is 13.3 Å². The van der Waals surface area contributed by atoms with Crippen LogP contribution in [0.5, 0.6) is 5.75 Å². The number of rotatable bonds is 4. The standard InChI is InChI=1S/C10H13NO4S/c1-3-10(12)11-16(13,14)9-6-4-8(15-2)5-7-9/h4-7H,3H2,1-2H3,(H,11,12). The Balaban J connectivity index is 2.94. The van der Waals surface area contributed by atoms with Crippen molar-refractivity contribution in [2.75, 3.05) is 7.11 Å². The van der Waals surface area contributed by atoms with Gasteiger partial charge in [0, 0.05) is 6.42 Å². The summed E-state index contributed by atoms with van der Waals surface area (Å²) in [5.41, 5.74) is 0. The Morgan fingerprint density at radius 1 is 1.31 bits per heavy atom. The van der Waals surface area contributed by atoms with Gasteiger partial charge in [-0.25, -0.2) is 13.1 Å². The fourth-order valence-corrected chi connectivity index (χ4v) is 2.09. The van der Waals surface area contributed by atoms with Gasteiger partial charge in [0.2, 0.25) is 5.91 Å². The normalized spacial score (nSPS) is 10.9. The maximum Gasteiger partial charge on any atom is 0.264 e. The van der Waals surface area contributed by atoms with Crippen molar-refractivity contribution in [2.45, 2.75) is 18.2 Å². The predicted octanol–water partition coefficient (Wildman–Crippen LogP) is 0.910. The summed E-state index contributed by atoms with van der Waals surface area (Å²) in [5, 5.41) is 0. The van der Waals surface area contributed by atoms with Gasteiger partial charge in [-0.05, 0) is 24.3 Å². The summed E-state index contributed by atoms with van der Waals surface area (Å²) in [6, 6.07) is 5.80. The molecule has 0 saturated carbocycles. The fraction of sp³-hybridized carbons (Fsp3) is 0.300. The number of carbonyl (C=O) groups excluding carboxylic acids is 1. The van der Waals surface area contributed by atoms with Gasteiger partial charge in [0.1, 0.15) is 5.75 Å². The highest BCUT2D eigenvalue weighted by atomic mass is 32.2. The molecule has 0 aromatic heterocycles. The van der Waals surface area contributed by atoms with E-state index in [1.165, 1.54) is 31.4 Å². The van der Waals surface area contributed by atoms with Crippen molar-refractivity contribution >= 4 is 15.9 Å². The molecule has 16 heavy (non-hydrogen) atoms. The van der Waals surface area contributed by atoms with Crippen molar-refractivity contribution in [3.8, 4) is 5.75 Å². The zero-order valence-electron chi connectivity index (χ0n) is 9.06. The van der Waals surface area contributed by atoms with Gasteiger partial charge in [0.15, 0.2) is 0 Å². The summed E-state index contributed by atoms with van der Waals surface area (Å²) in [5.74, 6) is 0.0246. The topological polar surface area (TPSA) is 72.5 Å². The first kappa shape index (κ1) is 12.5. The highest BCUT2D eigenvalue weighted by Gasteiger charge is 2.16. The Kier molecular flexibility index (Phi) is 3.89. The first-order valence-corrected chi connectivity index (χ1v) is 6.17. The second kappa shape index (κ2) is 4.98. The predicted molar refractivity (Wildman–Crippen MR) is 58.6 cm³/mol. The molecule has 0 aliphatic carbocycles. The summed E-state index contributed by atoms with van der Waals surface area (Å²) >= 11 is 0. The number of sulfonamides is 1. The second-order valence-corrected chi connectivity index (χ2v) is 4.74. The smallest absolute Gasteiger partial charge is 0.264 e. The molecule has 0 atom stereocenters. The van der Waals surface area contributed by atoms with Crippen LogP contribution in [0.15, 0.2) is 29.2 Å². The van der Waals surface area contributed by atoms with E-state index in [2.05, 4.69) is 0 Å². The molecule has 5 nitrogen and oxygen atoms in total. The van der Waals surface area contributed by atoms with Gasteiger partial charge in [-0.3, -0.25) is 4.79 Å². The van der Waals surface area contributed by atoms with Crippen LogP contribution >= 0.6 is 0 Å². The van der Waals surface area contributed by atoms with Crippen molar-refractivity contribution in [1.82, 2.24) is 4.72 Å². The molecule has 1 rings (SSSR count). The minimum Gasteiger partial charge on any atom is -0.497 e. The highest BCUT2D eigenvalue weighted by molar-refractivity contribution is 7.90. The SMILES string of the molecule is CCC(=O)NS(=O)(=O)c1ccc(OC)cc1.